The van der Waals surface area contributed by atoms with Crippen LogP contribution in [0.5, 0.6) is 23.0 Å². The number of carboxylic acids is 1. The van der Waals surface area contributed by atoms with Crippen molar-refractivity contribution in [2.75, 3.05) is 0 Å². The van der Waals surface area contributed by atoms with Crippen LogP contribution in [0.1, 0.15) is 28.5 Å². The third-order valence-electron chi connectivity index (χ3n) is 5.31. The molecule has 162 valence electrons. The Hall–Kier alpha value is -4.46. The zero-order valence-corrected chi connectivity index (χ0v) is 16.5. The molecule has 8 heteroatoms. The highest BCUT2D eigenvalue weighted by molar-refractivity contribution is 5.87. The highest BCUT2D eigenvalue weighted by Crippen LogP contribution is 2.40. The molecule has 4 aromatic rings. The molecular weight excluding hydrogens is 416 g/mol. The molecule has 0 spiro atoms. The first-order valence-corrected chi connectivity index (χ1v) is 9.54. The third kappa shape index (κ3) is 3.69. The van der Waals surface area contributed by atoms with Gasteiger partial charge in [0.25, 0.3) is 0 Å². The highest BCUT2D eigenvalue weighted by Gasteiger charge is 2.35. The van der Waals surface area contributed by atoms with Gasteiger partial charge in [0.1, 0.15) is 34.0 Å². The minimum Gasteiger partial charge on any atom is -0.508 e. The van der Waals surface area contributed by atoms with Crippen molar-refractivity contribution in [1.82, 2.24) is 0 Å². The fourth-order valence-electron chi connectivity index (χ4n) is 3.84. The average Bonchev–Trinajstić information content (AvgIpc) is 2.74. The number of hydrogen-bond donors (Lipinski definition) is 5. The molecule has 1 heterocycles. The minimum absolute atomic E-state index is 0.0139. The maximum Gasteiger partial charge on any atom is 0.312 e. The summed E-state index contributed by atoms with van der Waals surface area (Å²) >= 11 is 0. The number of phenols is 4. The lowest BCUT2D eigenvalue weighted by Crippen LogP contribution is -2.26. The van der Waals surface area contributed by atoms with E-state index in [1.165, 1.54) is 24.3 Å². The summed E-state index contributed by atoms with van der Waals surface area (Å²) in [4.78, 5) is 25.7. The minimum atomic E-state index is -1.43. The second kappa shape index (κ2) is 7.99. The topological polar surface area (TPSA) is 148 Å². The van der Waals surface area contributed by atoms with Gasteiger partial charge in [-0.05, 0) is 35.4 Å². The van der Waals surface area contributed by atoms with E-state index in [1.807, 2.05) is 0 Å². The monoisotopic (exact) mass is 434 g/mol. The number of fused-ring (bicyclic) bond motifs is 1. The SMILES string of the molecule is O=C(O)C(c1coc2cc(O)cc(O)c2c1=O)C(c1ccc(O)cc1)c1ccc(O)cc1. The molecule has 4 rings (SSSR count). The Labute approximate surface area is 180 Å². The van der Waals surface area contributed by atoms with Crippen LogP contribution in [0, 0.1) is 0 Å². The maximum absolute atomic E-state index is 13.2. The Morgan fingerprint density at radius 3 is 1.81 bits per heavy atom. The largest absolute Gasteiger partial charge is 0.508 e. The number of aromatic hydroxyl groups is 4. The van der Waals surface area contributed by atoms with Crippen molar-refractivity contribution < 1.29 is 34.7 Å². The standard InChI is InChI=1S/C24H18O8/c25-14-5-1-12(2-6-14)20(13-3-7-15(26)8-4-13)21(24(30)31)17-11-32-19-10-16(27)9-18(28)22(19)23(17)29/h1-11,20-21,25-28H,(H,30,31). The van der Waals surface area contributed by atoms with E-state index in [1.54, 1.807) is 24.3 Å². The molecule has 0 fully saturated rings. The fourth-order valence-corrected chi connectivity index (χ4v) is 3.84. The summed E-state index contributed by atoms with van der Waals surface area (Å²) < 4.78 is 5.41. The lowest BCUT2D eigenvalue weighted by atomic mass is 9.77. The van der Waals surface area contributed by atoms with Crippen molar-refractivity contribution in [3.8, 4) is 23.0 Å². The Balaban J connectivity index is 1.98. The van der Waals surface area contributed by atoms with E-state index in [9.17, 15) is 35.1 Å². The van der Waals surface area contributed by atoms with Gasteiger partial charge in [-0.15, -0.1) is 0 Å². The summed E-state index contributed by atoms with van der Waals surface area (Å²) in [5, 5.41) is 49.1. The van der Waals surface area contributed by atoms with Crippen molar-refractivity contribution in [2.45, 2.75) is 11.8 Å². The van der Waals surface area contributed by atoms with Gasteiger partial charge in [-0.3, -0.25) is 9.59 Å². The second-order valence-electron chi connectivity index (χ2n) is 7.33. The van der Waals surface area contributed by atoms with Crippen molar-refractivity contribution in [1.29, 1.82) is 0 Å². The zero-order chi connectivity index (χ0) is 23.0. The van der Waals surface area contributed by atoms with E-state index in [0.29, 0.717) is 11.1 Å². The van der Waals surface area contributed by atoms with E-state index in [4.69, 9.17) is 4.42 Å². The predicted molar refractivity (Wildman–Crippen MR) is 114 cm³/mol. The number of hydrogen-bond acceptors (Lipinski definition) is 7. The van der Waals surface area contributed by atoms with Crippen molar-refractivity contribution in [2.24, 2.45) is 0 Å². The Kier molecular flexibility index (Phi) is 5.19. The molecule has 0 aliphatic heterocycles. The number of phenolic OH excluding ortho intramolecular Hbond substituents is 4. The quantitative estimate of drug-likeness (QED) is 0.320. The first-order valence-electron chi connectivity index (χ1n) is 9.54. The van der Waals surface area contributed by atoms with Crippen molar-refractivity contribution in [3.63, 3.8) is 0 Å². The summed E-state index contributed by atoms with van der Waals surface area (Å²) in [7, 11) is 0. The summed E-state index contributed by atoms with van der Waals surface area (Å²) in [6, 6.07) is 13.9. The molecule has 0 aliphatic rings. The van der Waals surface area contributed by atoms with Gasteiger partial charge in [-0.25, -0.2) is 0 Å². The van der Waals surface area contributed by atoms with Crippen LogP contribution in [-0.4, -0.2) is 31.5 Å². The van der Waals surface area contributed by atoms with Gasteiger partial charge in [0.05, 0.1) is 17.7 Å². The van der Waals surface area contributed by atoms with E-state index in [2.05, 4.69) is 0 Å². The van der Waals surface area contributed by atoms with Gasteiger partial charge in [0.2, 0.25) is 5.43 Å². The molecule has 0 bridgehead atoms. The maximum atomic E-state index is 13.2. The smallest absolute Gasteiger partial charge is 0.312 e. The Bertz CT molecular complexity index is 1310. The lowest BCUT2D eigenvalue weighted by molar-refractivity contribution is -0.139. The molecule has 0 aliphatic carbocycles. The Morgan fingerprint density at radius 1 is 0.781 bits per heavy atom. The van der Waals surface area contributed by atoms with Crippen molar-refractivity contribution >= 4 is 16.9 Å². The van der Waals surface area contributed by atoms with Gasteiger partial charge in [-0.1, -0.05) is 24.3 Å². The molecule has 0 saturated carbocycles. The third-order valence-corrected chi connectivity index (χ3v) is 5.31. The van der Waals surface area contributed by atoms with Crippen LogP contribution < -0.4 is 5.43 Å². The van der Waals surface area contributed by atoms with Crippen LogP contribution in [0.4, 0.5) is 0 Å². The number of benzene rings is 3. The molecule has 1 atom stereocenters. The molecular formula is C24H18O8. The lowest BCUT2D eigenvalue weighted by Gasteiger charge is -2.25. The molecule has 0 amide bonds. The van der Waals surface area contributed by atoms with Gasteiger partial charge in [0.15, 0.2) is 0 Å². The molecule has 1 aromatic heterocycles. The highest BCUT2D eigenvalue weighted by atomic mass is 16.4. The predicted octanol–water partition coefficient (Wildman–Crippen LogP) is 3.62. The van der Waals surface area contributed by atoms with Crippen LogP contribution in [0.3, 0.4) is 0 Å². The molecule has 3 aromatic carbocycles. The zero-order valence-electron chi connectivity index (χ0n) is 16.5. The van der Waals surface area contributed by atoms with Gasteiger partial charge >= 0.3 is 5.97 Å². The van der Waals surface area contributed by atoms with Gasteiger partial charge in [-0.2, -0.15) is 0 Å². The molecule has 5 N–H and O–H groups in total. The van der Waals surface area contributed by atoms with Crippen LogP contribution >= 0.6 is 0 Å². The van der Waals surface area contributed by atoms with Gasteiger partial charge in [0, 0.05) is 18.1 Å². The van der Waals surface area contributed by atoms with Gasteiger partial charge < -0.3 is 29.9 Å². The van der Waals surface area contributed by atoms with Crippen LogP contribution in [-0.2, 0) is 4.79 Å². The fraction of sp³-hybridized carbons (Fsp3) is 0.0833. The van der Waals surface area contributed by atoms with Crippen LogP contribution in [0.2, 0.25) is 0 Å². The first kappa shape index (κ1) is 20.8. The van der Waals surface area contributed by atoms with E-state index in [-0.39, 0.29) is 33.8 Å². The first-order chi connectivity index (χ1) is 15.3. The summed E-state index contributed by atoms with van der Waals surface area (Å²) in [5.74, 6) is -4.52. The summed E-state index contributed by atoms with van der Waals surface area (Å²) in [6.45, 7) is 0. The normalized spacial score (nSPS) is 12.2. The molecule has 32 heavy (non-hydrogen) atoms. The average molecular weight is 434 g/mol. The van der Waals surface area contributed by atoms with E-state index < -0.39 is 29.0 Å². The summed E-state index contributed by atoms with van der Waals surface area (Å²) in [6.07, 6.45) is 1.01. The van der Waals surface area contributed by atoms with Crippen LogP contribution in [0.25, 0.3) is 11.0 Å². The molecule has 1 unspecified atom stereocenters. The second-order valence-corrected chi connectivity index (χ2v) is 7.33. The van der Waals surface area contributed by atoms with E-state index in [0.717, 1.165) is 18.4 Å². The molecule has 0 radical (unpaired) electrons. The van der Waals surface area contributed by atoms with Crippen molar-refractivity contribution in [3.05, 3.63) is 93.8 Å². The molecule has 0 saturated heterocycles. The number of carboxylic acid groups (broad SMARTS) is 1. The number of carbonyl (C=O) groups is 1. The number of rotatable bonds is 5. The molecule has 8 nitrogen and oxygen atoms in total. The van der Waals surface area contributed by atoms with E-state index >= 15 is 0 Å². The van der Waals surface area contributed by atoms with Crippen LogP contribution in [0.15, 0.2) is 76.1 Å². The Morgan fingerprint density at radius 2 is 1.31 bits per heavy atom. The summed E-state index contributed by atoms with van der Waals surface area (Å²) in [5.41, 5.74) is -0.0623. The number of aliphatic carboxylic acids is 1.